The summed E-state index contributed by atoms with van der Waals surface area (Å²) in [5.74, 6) is -0.977. The summed E-state index contributed by atoms with van der Waals surface area (Å²) in [6.45, 7) is 3.20. The molecule has 0 amide bonds. The molecule has 7 nitrogen and oxygen atoms in total. The molecule has 2 aromatic carbocycles. The molecule has 0 saturated heterocycles. The first-order chi connectivity index (χ1) is 12.1. The molecule has 2 rings (SSSR count). The average molecular weight is 338 g/mol. The molecule has 25 heavy (non-hydrogen) atoms. The first kappa shape index (κ1) is 18.0. The first-order valence-electron chi connectivity index (χ1n) is 7.65. The van der Waals surface area contributed by atoms with E-state index in [1.807, 2.05) is 30.3 Å². The van der Waals surface area contributed by atoms with E-state index >= 15 is 0 Å². The maximum Gasteiger partial charge on any atom is 0.362 e. The molecule has 0 aliphatic carbocycles. The topological polar surface area (TPSA) is 96.0 Å². The Morgan fingerprint density at radius 2 is 1.44 bits per heavy atom. The van der Waals surface area contributed by atoms with Crippen molar-refractivity contribution >= 4 is 23.0 Å². The third-order valence-corrected chi connectivity index (χ3v) is 2.96. The summed E-state index contributed by atoms with van der Waals surface area (Å²) in [5, 5.41) is 25.4. The predicted octanol–water partition coefficient (Wildman–Crippen LogP) is 5.54. The number of allylic oxidation sites excluding steroid dienone is 1. The Balaban J connectivity index is 2.08. The van der Waals surface area contributed by atoms with E-state index in [-0.39, 0.29) is 18.1 Å². The van der Waals surface area contributed by atoms with Gasteiger partial charge in [-0.15, -0.1) is 5.11 Å². The fraction of sp³-hybridized carbons (Fsp3) is 0.167. The van der Waals surface area contributed by atoms with E-state index in [4.69, 9.17) is 4.74 Å². The number of aliphatic hydroxyl groups excluding tert-OH is 1. The molecular formula is C18H18N4O3. The molecule has 0 aromatic heterocycles. The van der Waals surface area contributed by atoms with Crippen molar-refractivity contribution in [2.75, 3.05) is 6.61 Å². The number of azo groups is 2. The van der Waals surface area contributed by atoms with Gasteiger partial charge in [-0.25, -0.2) is 4.79 Å². The lowest BCUT2D eigenvalue weighted by molar-refractivity contribution is -0.138. The van der Waals surface area contributed by atoms with E-state index in [1.54, 1.807) is 31.2 Å². The summed E-state index contributed by atoms with van der Waals surface area (Å²) in [7, 11) is 0. The summed E-state index contributed by atoms with van der Waals surface area (Å²) in [6, 6.07) is 16.2. The fourth-order valence-electron chi connectivity index (χ4n) is 1.76. The lowest BCUT2D eigenvalue weighted by Gasteiger charge is -2.02. The highest BCUT2D eigenvalue weighted by Gasteiger charge is 2.13. The number of nitrogens with zero attached hydrogens (tertiary/aromatic N) is 4. The van der Waals surface area contributed by atoms with Gasteiger partial charge >= 0.3 is 5.97 Å². The third-order valence-electron chi connectivity index (χ3n) is 2.96. The minimum absolute atomic E-state index is 0.187. The summed E-state index contributed by atoms with van der Waals surface area (Å²) in [6.07, 6.45) is 0. The Morgan fingerprint density at radius 1 is 0.920 bits per heavy atom. The van der Waals surface area contributed by atoms with Crippen molar-refractivity contribution < 1.29 is 14.6 Å². The number of benzene rings is 2. The van der Waals surface area contributed by atoms with Gasteiger partial charge in [-0.05, 0) is 50.2 Å². The van der Waals surface area contributed by atoms with Crippen molar-refractivity contribution in [3.63, 3.8) is 0 Å². The average Bonchev–Trinajstić information content (AvgIpc) is 2.62. The van der Waals surface area contributed by atoms with Crippen LogP contribution in [0, 0.1) is 0 Å². The quantitative estimate of drug-likeness (QED) is 0.324. The molecule has 2 aromatic rings. The lowest BCUT2D eigenvalue weighted by Crippen LogP contribution is -2.07. The van der Waals surface area contributed by atoms with E-state index in [1.165, 1.54) is 6.92 Å². The van der Waals surface area contributed by atoms with Gasteiger partial charge in [0.05, 0.1) is 23.7 Å². The van der Waals surface area contributed by atoms with Crippen molar-refractivity contribution in [2.24, 2.45) is 20.5 Å². The molecule has 0 radical (unpaired) electrons. The van der Waals surface area contributed by atoms with E-state index in [9.17, 15) is 9.90 Å². The molecule has 0 aliphatic rings. The maximum absolute atomic E-state index is 11.7. The van der Waals surface area contributed by atoms with Crippen LogP contribution in [-0.4, -0.2) is 17.7 Å². The first-order valence-corrected chi connectivity index (χ1v) is 7.65. The fourth-order valence-corrected chi connectivity index (χ4v) is 1.76. The Bertz CT molecular complexity index is 793. The second kappa shape index (κ2) is 9.07. The smallest absolute Gasteiger partial charge is 0.362 e. The molecule has 0 unspecified atom stereocenters. The van der Waals surface area contributed by atoms with E-state index < -0.39 is 5.97 Å². The Morgan fingerprint density at radius 3 is 1.96 bits per heavy atom. The highest BCUT2D eigenvalue weighted by Crippen LogP contribution is 2.22. The molecule has 1 N–H and O–H groups in total. The second-order valence-corrected chi connectivity index (χ2v) is 4.91. The van der Waals surface area contributed by atoms with Gasteiger partial charge in [0.25, 0.3) is 0 Å². The van der Waals surface area contributed by atoms with Gasteiger partial charge < -0.3 is 9.84 Å². The highest BCUT2D eigenvalue weighted by molar-refractivity contribution is 5.88. The van der Waals surface area contributed by atoms with Crippen LogP contribution in [0.4, 0.5) is 17.1 Å². The number of hydrogen-bond donors (Lipinski definition) is 1. The van der Waals surface area contributed by atoms with Gasteiger partial charge in [-0.2, -0.15) is 15.3 Å². The largest absolute Gasteiger partial charge is 0.510 e. The number of carbonyl (C=O) groups is 1. The Hall–Kier alpha value is -3.35. The molecule has 0 bridgehead atoms. The number of hydrogen-bond acceptors (Lipinski definition) is 7. The van der Waals surface area contributed by atoms with Crippen LogP contribution < -0.4 is 0 Å². The SMILES string of the molecule is CCOC(=O)/C(N=Nc1ccc(N=Nc2ccccc2)cc1)=C(\C)O. The monoisotopic (exact) mass is 338 g/mol. The number of carbonyl (C=O) groups excluding carboxylic acids is 1. The molecule has 0 aliphatic heterocycles. The van der Waals surface area contributed by atoms with Gasteiger partial charge in [-0.1, -0.05) is 18.2 Å². The molecule has 128 valence electrons. The second-order valence-electron chi connectivity index (χ2n) is 4.91. The summed E-state index contributed by atoms with van der Waals surface area (Å²) >= 11 is 0. The molecule has 0 heterocycles. The maximum atomic E-state index is 11.7. The summed E-state index contributed by atoms with van der Waals surface area (Å²) in [4.78, 5) is 11.7. The molecule has 0 atom stereocenters. The van der Waals surface area contributed by atoms with Crippen LogP contribution in [-0.2, 0) is 9.53 Å². The van der Waals surface area contributed by atoms with E-state index in [0.717, 1.165) is 5.69 Å². The van der Waals surface area contributed by atoms with Crippen LogP contribution in [0.5, 0.6) is 0 Å². The number of rotatable bonds is 6. The van der Waals surface area contributed by atoms with Crippen LogP contribution in [0.2, 0.25) is 0 Å². The minimum Gasteiger partial charge on any atom is -0.510 e. The molecular weight excluding hydrogens is 320 g/mol. The van der Waals surface area contributed by atoms with Crippen LogP contribution in [0.3, 0.4) is 0 Å². The van der Waals surface area contributed by atoms with Crippen LogP contribution in [0.25, 0.3) is 0 Å². The van der Waals surface area contributed by atoms with Gasteiger partial charge in [0.2, 0.25) is 5.70 Å². The third kappa shape index (κ3) is 5.65. The minimum atomic E-state index is -0.723. The number of esters is 1. The van der Waals surface area contributed by atoms with Crippen LogP contribution in [0.15, 0.2) is 86.5 Å². The highest BCUT2D eigenvalue weighted by atomic mass is 16.5. The van der Waals surface area contributed by atoms with Gasteiger partial charge in [0, 0.05) is 0 Å². The number of aliphatic hydroxyl groups is 1. The van der Waals surface area contributed by atoms with Gasteiger partial charge in [0.15, 0.2) is 0 Å². The number of ether oxygens (including phenoxy) is 1. The zero-order valence-corrected chi connectivity index (χ0v) is 14.0. The zero-order valence-electron chi connectivity index (χ0n) is 14.0. The standard InChI is InChI=1S/C18H18N4O3/c1-3-25-18(24)17(13(2)23)22-21-16-11-9-15(10-12-16)20-19-14-7-5-4-6-8-14/h4-12,23H,3H2,1-2H3/b17-13-,20-19?,22-21?. The van der Waals surface area contributed by atoms with Crippen molar-refractivity contribution in [1.29, 1.82) is 0 Å². The van der Waals surface area contributed by atoms with Crippen molar-refractivity contribution in [3.8, 4) is 0 Å². The van der Waals surface area contributed by atoms with Gasteiger partial charge in [0.1, 0.15) is 5.76 Å². The molecule has 0 saturated carbocycles. The molecule has 7 heteroatoms. The predicted molar refractivity (Wildman–Crippen MR) is 93.5 cm³/mol. The molecule has 0 spiro atoms. The van der Waals surface area contributed by atoms with Crippen molar-refractivity contribution in [1.82, 2.24) is 0 Å². The van der Waals surface area contributed by atoms with Crippen LogP contribution in [0.1, 0.15) is 13.8 Å². The van der Waals surface area contributed by atoms with E-state index in [0.29, 0.717) is 11.4 Å². The summed E-state index contributed by atoms with van der Waals surface area (Å²) < 4.78 is 4.81. The Labute approximate surface area is 145 Å². The normalized spacial score (nSPS) is 12.4. The van der Waals surface area contributed by atoms with Crippen LogP contribution >= 0.6 is 0 Å². The zero-order chi connectivity index (χ0) is 18.1. The van der Waals surface area contributed by atoms with Crippen molar-refractivity contribution in [3.05, 3.63) is 66.1 Å². The van der Waals surface area contributed by atoms with Gasteiger partial charge in [-0.3, -0.25) is 0 Å². The lowest BCUT2D eigenvalue weighted by atomic mass is 10.3. The molecule has 0 fully saturated rings. The Kier molecular flexibility index (Phi) is 6.53. The van der Waals surface area contributed by atoms with E-state index in [2.05, 4.69) is 20.5 Å². The van der Waals surface area contributed by atoms with Crippen molar-refractivity contribution in [2.45, 2.75) is 13.8 Å². The summed E-state index contributed by atoms with van der Waals surface area (Å²) in [5.41, 5.74) is 1.69.